The molecule has 4 fully saturated rings. The summed E-state index contributed by atoms with van der Waals surface area (Å²) in [6, 6.07) is 14.6. The average Bonchev–Trinajstić information content (AvgIpc) is 2.82. The van der Waals surface area contributed by atoms with Crippen LogP contribution >= 0.6 is 0 Å². The van der Waals surface area contributed by atoms with Crippen molar-refractivity contribution in [1.82, 2.24) is 0 Å². The summed E-state index contributed by atoms with van der Waals surface area (Å²) in [5.74, 6) is 1.74. The number of benzene rings is 2. The average molecular weight is 475 g/mol. The minimum absolute atomic E-state index is 0.182. The molecular formula is C30H34O5. The lowest BCUT2D eigenvalue weighted by molar-refractivity contribution is -0.137. The van der Waals surface area contributed by atoms with E-state index in [1.165, 1.54) is 44.1 Å². The summed E-state index contributed by atoms with van der Waals surface area (Å²) in [7, 11) is 0. The van der Waals surface area contributed by atoms with Crippen molar-refractivity contribution in [3.05, 3.63) is 59.7 Å². The van der Waals surface area contributed by atoms with E-state index in [-0.39, 0.29) is 11.8 Å². The molecule has 4 aliphatic rings. The van der Waals surface area contributed by atoms with Gasteiger partial charge in [0.25, 0.3) is 0 Å². The molecule has 5 heteroatoms. The highest BCUT2D eigenvalue weighted by molar-refractivity contribution is 5.85. The zero-order chi connectivity index (χ0) is 24.4. The lowest BCUT2D eigenvalue weighted by atomic mass is 9.48. The minimum Gasteiger partial charge on any atom is -0.493 e. The summed E-state index contributed by atoms with van der Waals surface area (Å²) in [6.45, 7) is 0.538. The summed E-state index contributed by atoms with van der Waals surface area (Å²) >= 11 is 0. The Bertz CT molecular complexity index is 1080. The third-order valence-electron chi connectivity index (χ3n) is 8.29. The predicted octanol–water partition coefficient (Wildman–Crippen LogP) is 6.55. The fourth-order valence-electron chi connectivity index (χ4n) is 7.20. The maximum Gasteiger partial charge on any atom is 0.328 e. The van der Waals surface area contributed by atoms with Crippen molar-refractivity contribution < 1.29 is 24.5 Å². The Labute approximate surface area is 206 Å². The van der Waals surface area contributed by atoms with Gasteiger partial charge in [-0.05, 0) is 109 Å². The normalized spacial score (nSPS) is 26.8. The summed E-state index contributed by atoms with van der Waals surface area (Å²) in [5, 5.41) is 17.8. The van der Waals surface area contributed by atoms with Crippen LogP contribution < -0.4 is 4.74 Å². The molecule has 2 N–H and O–H groups in total. The van der Waals surface area contributed by atoms with Crippen molar-refractivity contribution in [2.45, 2.75) is 63.2 Å². The Morgan fingerprint density at radius 3 is 2.11 bits per heavy atom. The van der Waals surface area contributed by atoms with Gasteiger partial charge in [-0.2, -0.15) is 0 Å². The molecule has 4 aliphatic carbocycles. The first-order valence-electron chi connectivity index (χ1n) is 12.9. The number of ether oxygens (including phenoxy) is 1. The maximum absolute atomic E-state index is 10.8. The van der Waals surface area contributed by atoms with Crippen molar-refractivity contribution >= 4 is 18.0 Å². The number of carboxylic acid groups (broad SMARTS) is 2. The summed E-state index contributed by atoms with van der Waals surface area (Å²) in [5.41, 5.74) is 4.64. The molecule has 0 aromatic heterocycles. The standard InChI is InChI=1S/C30H34O5/c31-28(32)3-1-2-12-35-27-10-9-25(24-7-4-20(5-8-24)6-11-29(33)34)16-26(27)30-17-21-13-22(18-30)15-23(14-21)19-30/h4-11,16,21-23H,1-3,12-15,17-19H2,(H,31,32)(H,33,34)/b11-6+. The van der Waals surface area contributed by atoms with Crippen LogP contribution in [0.25, 0.3) is 17.2 Å². The molecule has 184 valence electrons. The highest BCUT2D eigenvalue weighted by atomic mass is 16.5. The molecule has 0 atom stereocenters. The zero-order valence-electron chi connectivity index (χ0n) is 20.1. The van der Waals surface area contributed by atoms with Gasteiger partial charge in [-0.3, -0.25) is 4.79 Å². The second kappa shape index (κ2) is 9.88. The van der Waals surface area contributed by atoms with Gasteiger partial charge < -0.3 is 14.9 Å². The monoisotopic (exact) mass is 474 g/mol. The molecule has 6 rings (SSSR count). The first-order chi connectivity index (χ1) is 16.9. The predicted molar refractivity (Wildman–Crippen MR) is 135 cm³/mol. The maximum atomic E-state index is 10.8. The van der Waals surface area contributed by atoms with Crippen molar-refractivity contribution in [3.63, 3.8) is 0 Å². The number of unbranched alkanes of at least 4 members (excludes halogenated alkanes) is 1. The van der Waals surface area contributed by atoms with Crippen LogP contribution in [0.4, 0.5) is 0 Å². The van der Waals surface area contributed by atoms with Gasteiger partial charge in [-0.1, -0.05) is 30.3 Å². The Hall–Kier alpha value is -3.08. The van der Waals surface area contributed by atoms with Crippen LogP contribution in [0.3, 0.4) is 0 Å². The van der Waals surface area contributed by atoms with Gasteiger partial charge in [0.05, 0.1) is 6.61 Å². The summed E-state index contributed by atoms with van der Waals surface area (Å²) in [4.78, 5) is 21.6. The fourth-order valence-corrected chi connectivity index (χ4v) is 7.20. The number of carbonyl (C=O) groups is 2. The molecule has 4 bridgehead atoms. The van der Waals surface area contributed by atoms with Gasteiger partial charge in [0.15, 0.2) is 0 Å². The largest absolute Gasteiger partial charge is 0.493 e. The van der Waals surface area contributed by atoms with E-state index in [0.717, 1.165) is 52.7 Å². The number of carboxylic acids is 2. The second-order valence-corrected chi connectivity index (χ2v) is 10.9. The minimum atomic E-state index is -0.951. The molecule has 0 amide bonds. The van der Waals surface area contributed by atoms with Gasteiger partial charge in [0, 0.05) is 18.1 Å². The molecule has 2 aromatic carbocycles. The first kappa shape index (κ1) is 23.7. The third kappa shape index (κ3) is 5.29. The van der Waals surface area contributed by atoms with Crippen LogP contribution in [0.2, 0.25) is 0 Å². The van der Waals surface area contributed by atoms with Gasteiger partial charge in [-0.25, -0.2) is 4.79 Å². The Kier molecular flexibility index (Phi) is 6.68. The molecule has 0 unspecified atom stereocenters. The van der Waals surface area contributed by atoms with Crippen LogP contribution in [0.5, 0.6) is 5.75 Å². The second-order valence-electron chi connectivity index (χ2n) is 10.9. The van der Waals surface area contributed by atoms with Crippen LogP contribution in [-0.2, 0) is 15.0 Å². The van der Waals surface area contributed by atoms with Gasteiger partial charge in [0.2, 0.25) is 0 Å². The van der Waals surface area contributed by atoms with E-state index in [9.17, 15) is 9.59 Å². The molecule has 0 heterocycles. The third-order valence-corrected chi connectivity index (χ3v) is 8.29. The van der Waals surface area contributed by atoms with E-state index >= 15 is 0 Å². The topological polar surface area (TPSA) is 83.8 Å². The summed E-state index contributed by atoms with van der Waals surface area (Å²) < 4.78 is 6.32. The van der Waals surface area contributed by atoms with Crippen LogP contribution in [-0.4, -0.2) is 28.8 Å². The molecule has 0 spiro atoms. The SMILES string of the molecule is O=C(O)/C=C/c1ccc(-c2ccc(OCCCCC(=O)O)c(C34CC5CC(CC(C5)C3)C4)c2)cc1. The lowest BCUT2D eigenvalue weighted by Crippen LogP contribution is -2.48. The molecule has 2 aromatic rings. The molecule has 4 saturated carbocycles. The van der Waals surface area contributed by atoms with Gasteiger partial charge in [0.1, 0.15) is 5.75 Å². The van der Waals surface area contributed by atoms with Crippen LogP contribution in [0.1, 0.15) is 68.9 Å². The van der Waals surface area contributed by atoms with Gasteiger partial charge >= 0.3 is 11.9 Å². The number of aliphatic carboxylic acids is 2. The Morgan fingerprint density at radius 2 is 1.51 bits per heavy atom. The number of hydrogen-bond donors (Lipinski definition) is 2. The highest BCUT2D eigenvalue weighted by Gasteiger charge is 2.52. The molecule has 35 heavy (non-hydrogen) atoms. The van der Waals surface area contributed by atoms with Crippen molar-refractivity contribution in [2.24, 2.45) is 17.8 Å². The quantitative estimate of drug-likeness (QED) is 0.301. The van der Waals surface area contributed by atoms with Crippen LogP contribution in [0, 0.1) is 17.8 Å². The van der Waals surface area contributed by atoms with E-state index in [1.807, 2.05) is 24.3 Å². The van der Waals surface area contributed by atoms with Crippen molar-refractivity contribution in [3.8, 4) is 16.9 Å². The van der Waals surface area contributed by atoms with Crippen molar-refractivity contribution in [1.29, 1.82) is 0 Å². The highest BCUT2D eigenvalue weighted by Crippen LogP contribution is 2.62. The Balaban J connectivity index is 1.42. The van der Waals surface area contributed by atoms with Crippen molar-refractivity contribution in [2.75, 3.05) is 6.61 Å². The van der Waals surface area contributed by atoms with E-state index in [0.29, 0.717) is 13.0 Å². The number of rotatable bonds is 10. The lowest BCUT2D eigenvalue weighted by Gasteiger charge is -2.57. The van der Waals surface area contributed by atoms with E-state index in [2.05, 4.69) is 18.2 Å². The number of hydrogen-bond acceptors (Lipinski definition) is 3. The smallest absolute Gasteiger partial charge is 0.328 e. The Morgan fingerprint density at radius 1 is 0.886 bits per heavy atom. The van der Waals surface area contributed by atoms with Gasteiger partial charge in [-0.15, -0.1) is 0 Å². The van der Waals surface area contributed by atoms with E-state index in [4.69, 9.17) is 14.9 Å². The van der Waals surface area contributed by atoms with Crippen LogP contribution in [0.15, 0.2) is 48.5 Å². The molecule has 5 nitrogen and oxygen atoms in total. The fraction of sp³-hybridized carbons (Fsp3) is 0.467. The van der Waals surface area contributed by atoms with E-state index < -0.39 is 11.9 Å². The summed E-state index contributed by atoms with van der Waals surface area (Å²) in [6.07, 6.45) is 12.2. The molecule has 0 radical (unpaired) electrons. The zero-order valence-corrected chi connectivity index (χ0v) is 20.1. The first-order valence-corrected chi connectivity index (χ1v) is 12.9. The molecule has 0 saturated heterocycles. The van der Waals surface area contributed by atoms with E-state index in [1.54, 1.807) is 6.08 Å². The molecule has 0 aliphatic heterocycles. The molecular weight excluding hydrogens is 440 g/mol.